The SMILES string of the molecule is Fc1ccc(NCc2ccc(F)c(C(F)(F)F)c2)cc1. The maximum atomic E-state index is 13.1. The molecule has 0 spiro atoms. The topological polar surface area (TPSA) is 12.0 Å². The average Bonchev–Trinajstić information content (AvgIpc) is 2.38. The fourth-order valence-electron chi connectivity index (χ4n) is 1.67. The maximum absolute atomic E-state index is 13.1. The van der Waals surface area contributed by atoms with E-state index >= 15 is 0 Å². The van der Waals surface area contributed by atoms with Crippen LogP contribution in [-0.2, 0) is 12.7 Å². The van der Waals surface area contributed by atoms with Crippen molar-refractivity contribution in [2.24, 2.45) is 0 Å². The van der Waals surface area contributed by atoms with Gasteiger partial charge in [-0.05, 0) is 42.0 Å². The van der Waals surface area contributed by atoms with Crippen LogP contribution in [-0.4, -0.2) is 0 Å². The van der Waals surface area contributed by atoms with Gasteiger partial charge in [-0.15, -0.1) is 0 Å². The number of nitrogens with one attached hydrogen (secondary N) is 1. The smallest absolute Gasteiger partial charge is 0.381 e. The van der Waals surface area contributed by atoms with Crippen LogP contribution < -0.4 is 5.32 Å². The van der Waals surface area contributed by atoms with Crippen LogP contribution in [0.5, 0.6) is 0 Å². The first kappa shape index (κ1) is 14.3. The summed E-state index contributed by atoms with van der Waals surface area (Å²) in [5.41, 5.74) is -0.455. The van der Waals surface area contributed by atoms with Crippen molar-refractivity contribution in [3.05, 3.63) is 65.2 Å². The first-order valence-electron chi connectivity index (χ1n) is 5.71. The number of halogens is 5. The van der Waals surface area contributed by atoms with Crippen LogP contribution in [0.4, 0.5) is 27.6 Å². The summed E-state index contributed by atoms with van der Waals surface area (Å²) in [6.07, 6.45) is -4.73. The minimum absolute atomic E-state index is 0.0784. The van der Waals surface area contributed by atoms with E-state index < -0.39 is 23.4 Å². The van der Waals surface area contributed by atoms with Gasteiger partial charge in [0.05, 0.1) is 5.56 Å². The highest BCUT2D eigenvalue weighted by Crippen LogP contribution is 2.32. The van der Waals surface area contributed by atoms with E-state index in [2.05, 4.69) is 5.32 Å². The van der Waals surface area contributed by atoms with Gasteiger partial charge in [-0.2, -0.15) is 13.2 Å². The van der Waals surface area contributed by atoms with E-state index in [4.69, 9.17) is 0 Å². The number of rotatable bonds is 3. The van der Waals surface area contributed by atoms with Gasteiger partial charge in [0.25, 0.3) is 0 Å². The summed E-state index contributed by atoms with van der Waals surface area (Å²) in [5.74, 6) is -1.71. The molecule has 0 unspecified atom stereocenters. The molecule has 0 bridgehead atoms. The molecule has 20 heavy (non-hydrogen) atoms. The van der Waals surface area contributed by atoms with Gasteiger partial charge in [-0.1, -0.05) is 6.07 Å². The number of hydrogen-bond donors (Lipinski definition) is 1. The number of benzene rings is 2. The first-order chi connectivity index (χ1) is 9.36. The lowest BCUT2D eigenvalue weighted by atomic mass is 10.1. The second kappa shape index (κ2) is 5.48. The van der Waals surface area contributed by atoms with E-state index in [1.54, 1.807) is 0 Å². The van der Waals surface area contributed by atoms with E-state index in [1.807, 2.05) is 0 Å². The van der Waals surface area contributed by atoms with Crippen molar-refractivity contribution in [2.45, 2.75) is 12.7 Å². The molecule has 0 aliphatic rings. The van der Waals surface area contributed by atoms with Gasteiger partial charge in [0.2, 0.25) is 0 Å². The molecule has 0 saturated heterocycles. The molecule has 0 aliphatic carbocycles. The molecule has 6 heteroatoms. The summed E-state index contributed by atoms with van der Waals surface area (Å²) in [5, 5.41) is 2.83. The Morgan fingerprint density at radius 2 is 1.55 bits per heavy atom. The van der Waals surface area contributed by atoms with Crippen molar-refractivity contribution in [3.63, 3.8) is 0 Å². The third-order valence-electron chi connectivity index (χ3n) is 2.68. The van der Waals surface area contributed by atoms with Gasteiger partial charge in [0, 0.05) is 12.2 Å². The largest absolute Gasteiger partial charge is 0.419 e. The molecule has 0 amide bonds. The Morgan fingerprint density at radius 1 is 0.900 bits per heavy atom. The molecular weight excluding hydrogens is 277 g/mol. The molecule has 1 nitrogen and oxygen atoms in total. The van der Waals surface area contributed by atoms with Crippen LogP contribution in [0, 0.1) is 11.6 Å². The average molecular weight is 287 g/mol. The Morgan fingerprint density at radius 3 is 2.15 bits per heavy atom. The standard InChI is InChI=1S/C14H10F5N/c15-10-2-4-11(5-3-10)20-8-9-1-6-13(16)12(7-9)14(17,18)19/h1-7,20H,8H2. The Kier molecular flexibility index (Phi) is 3.92. The Bertz CT molecular complexity index is 590. The Labute approximate surface area is 112 Å². The minimum atomic E-state index is -4.73. The van der Waals surface area contributed by atoms with Gasteiger partial charge in [-0.25, -0.2) is 8.78 Å². The molecule has 0 radical (unpaired) electrons. The zero-order valence-electron chi connectivity index (χ0n) is 10.1. The van der Waals surface area contributed by atoms with Crippen molar-refractivity contribution in [3.8, 4) is 0 Å². The van der Waals surface area contributed by atoms with Gasteiger partial charge in [-0.3, -0.25) is 0 Å². The van der Waals surface area contributed by atoms with Crippen molar-refractivity contribution < 1.29 is 22.0 Å². The van der Waals surface area contributed by atoms with Gasteiger partial charge in [0.1, 0.15) is 11.6 Å². The lowest BCUT2D eigenvalue weighted by Crippen LogP contribution is -2.10. The molecule has 2 aromatic rings. The normalized spacial score (nSPS) is 11.4. The molecule has 2 rings (SSSR count). The lowest BCUT2D eigenvalue weighted by molar-refractivity contribution is -0.140. The van der Waals surface area contributed by atoms with Crippen LogP contribution in [0.1, 0.15) is 11.1 Å². The van der Waals surface area contributed by atoms with Crippen molar-refractivity contribution >= 4 is 5.69 Å². The van der Waals surface area contributed by atoms with Crippen molar-refractivity contribution in [1.29, 1.82) is 0 Å². The number of alkyl halides is 3. The highest BCUT2D eigenvalue weighted by molar-refractivity contribution is 5.43. The zero-order valence-corrected chi connectivity index (χ0v) is 10.1. The molecule has 0 aromatic heterocycles. The van der Waals surface area contributed by atoms with Crippen LogP contribution in [0.25, 0.3) is 0 Å². The Hall–Kier alpha value is -2.11. The second-order valence-electron chi connectivity index (χ2n) is 4.17. The monoisotopic (exact) mass is 287 g/mol. The van der Waals surface area contributed by atoms with Crippen LogP contribution in [0.15, 0.2) is 42.5 Å². The zero-order chi connectivity index (χ0) is 14.8. The van der Waals surface area contributed by atoms with Crippen molar-refractivity contribution in [1.82, 2.24) is 0 Å². The molecule has 106 valence electrons. The summed E-state index contributed by atoms with van der Waals surface area (Å²) in [6, 6.07) is 8.19. The fraction of sp³-hybridized carbons (Fsp3) is 0.143. The predicted octanol–water partition coefficient (Wildman–Crippen LogP) is 4.60. The quantitative estimate of drug-likeness (QED) is 0.814. The summed E-state index contributed by atoms with van der Waals surface area (Å²) in [6.45, 7) is 0.0784. The van der Waals surface area contributed by atoms with E-state index in [1.165, 1.54) is 30.3 Å². The van der Waals surface area contributed by atoms with E-state index in [0.717, 1.165) is 12.1 Å². The highest BCUT2D eigenvalue weighted by Gasteiger charge is 2.34. The second-order valence-corrected chi connectivity index (χ2v) is 4.17. The molecule has 0 fully saturated rings. The van der Waals surface area contributed by atoms with Gasteiger partial charge < -0.3 is 5.32 Å². The van der Waals surface area contributed by atoms with Gasteiger partial charge in [0.15, 0.2) is 0 Å². The molecule has 1 N–H and O–H groups in total. The molecule has 0 aliphatic heterocycles. The lowest BCUT2D eigenvalue weighted by Gasteiger charge is -2.11. The molecule has 0 saturated carbocycles. The van der Waals surface area contributed by atoms with E-state index in [0.29, 0.717) is 5.69 Å². The maximum Gasteiger partial charge on any atom is 0.419 e. The van der Waals surface area contributed by atoms with E-state index in [9.17, 15) is 22.0 Å². The third kappa shape index (κ3) is 3.46. The van der Waals surface area contributed by atoms with Crippen LogP contribution in [0.3, 0.4) is 0 Å². The molecule has 0 atom stereocenters. The van der Waals surface area contributed by atoms with Gasteiger partial charge >= 0.3 is 6.18 Å². The summed E-state index contributed by atoms with van der Waals surface area (Å²) in [4.78, 5) is 0. The highest BCUT2D eigenvalue weighted by atomic mass is 19.4. The minimum Gasteiger partial charge on any atom is -0.381 e. The molecule has 0 heterocycles. The fourth-order valence-corrected chi connectivity index (χ4v) is 1.67. The van der Waals surface area contributed by atoms with Crippen LogP contribution in [0.2, 0.25) is 0 Å². The predicted molar refractivity (Wildman–Crippen MR) is 65.1 cm³/mol. The number of hydrogen-bond acceptors (Lipinski definition) is 1. The summed E-state index contributed by atoms with van der Waals surface area (Å²) >= 11 is 0. The molecular formula is C14H10F5N. The van der Waals surface area contributed by atoms with E-state index in [-0.39, 0.29) is 12.1 Å². The summed E-state index contributed by atoms with van der Waals surface area (Å²) in [7, 11) is 0. The summed E-state index contributed by atoms with van der Waals surface area (Å²) < 4.78 is 63.4. The third-order valence-corrected chi connectivity index (χ3v) is 2.68. The molecule has 2 aromatic carbocycles. The number of anilines is 1. The first-order valence-corrected chi connectivity index (χ1v) is 5.71. The van der Waals surface area contributed by atoms with Crippen molar-refractivity contribution in [2.75, 3.05) is 5.32 Å². The van der Waals surface area contributed by atoms with Crippen LogP contribution >= 0.6 is 0 Å². The Balaban J connectivity index is 2.12.